The largest absolute Gasteiger partial charge is 0.504 e. The Morgan fingerprint density at radius 1 is 1.23 bits per heavy atom. The molecule has 3 N–H and O–H groups in total. The van der Waals surface area contributed by atoms with Crippen molar-refractivity contribution in [1.29, 1.82) is 0 Å². The molecular formula is C24H25N3O4. The van der Waals surface area contributed by atoms with Gasteiger partial charge in [-0.2, -0.15) is 0 Å². The SMILES string of the molecule is COc1cc([C@H]2C(C(=O)Nc3cccc(C)n3)=C(C)NC3=C2C(=O)CCC3)ccc1O. The maximum Gasteiger partial charge on any atom is 0.255 e. The highest BCUT2D eigenvalue weighted by atomic mass is 16.5. The number of dihydropyridines is 1. The van der Waals surface area contributed by atoms with Gasteiger partial charge in [-0.25, -0.2) is 4.98 Å². The number of benzene rings is 1. The summed E-state index contributed by atoms with van der Waals surface area (Å²) in [7, 11) is 1.47. The summed E-state index contributed by atoms with van der Waals surface area (Å²) in [6, 6.07) is 10.3. The lowest BCUT2D eigenvalue weighted by Gasteiger charge is -2.34. The zero-order valence-corrected chi connectivity index (χ0v) is 17.8. The fraction of sp³-hybridized carbons (Fsp3) is 0.292. The van der Waals surface area contributed by atoms with E-state index in [1.54, 1.807) is 18.2 Å². The molecule has 1 aromatic heterocycles. The molecule has 0 radical (unpaired) electrons. The van der Waals surface area contributed by atoms with Gasteiger partial charge in [-0.1, -0.05) is 12.1 Å². The minimum Gasteiger partial charge on any atom is -0.504 e. The quantitative estimate of drug-likeness (QED) is 0.699. The third-order valence-electron chi connectivity index (χ3n) is 5.69. The van der Waals surface area contributed by atoms with E-state index in [0.29, 0.717) is 40.4 Å². The number of phenolic OH excluding ortho intramolecular Hbond substituents is 1. The zero-order valence-electron chi connectivity index (χ0n) is 17.8. The van der Waals surface area contributed by atoms with E-state index in [-0.39, 0.29) is 17.4 Å². The third kappa shape index (κ3) is 3.91. The Morgan fingerprint density at radius 2 is 2.03 bits per heavy atom. The number of methoxy groups -OCH3 is 1. The van der Waals surface area contributed by atoms with Crippen LogP contribution in [-0.4, -0.2) is 28.9 Å². The lowest BCUT2D eigenvalue weighted by molar-refractivity contribution is -0.116. The second kappa shape index (κ2) is 8.26. The first-order valence-corrected chi connectivity index (χ1v) is 10.2. The minimum atomic E-state index is -0.566. The molecule has 0 unspecified atom stereocenters. The van der Waals surface area contributed by atoms with Crippen LogP contribution in [-0.2, 0) is 9.59 Å². The summed E-state index contributed by atoms with van der Waals surface area (Å²) >= 11 is 0. The average molecular weight is 419 g/mol. The molecule has 2 aliphatic rings. The number of amides is 1. The van der Waals surface area contributed by atoms with Crippen LogP contribution < -0.4 is 15.4 Å². The van der Waals surface area contributed by atoms with Crippen molar-refractivity contribution < 1.29 is 19.4 Å². The molecule has 1 amide bonds. The summed E-state index contributed by atoms with van der Waals surface area (Å²) in [6.07, 6.45) is 1.97. The number of aryl methyl sites for hydroxylation is 1. The molecule has 160 valence electrons. The van der Waals surface area contributed by atoms with Crippen molar-refractivity contribution in [3.63, 3.8) is 0 Å². The van der Waals surface area contributed by atoms with Crippen LogP contribution in [0.4, 0.5) is 5.82 Å². The van der Waals surface area contributed by atoms with Gasteiger partial charge in [-0.05, 0) is 56.5 Å². The number of hydrogen-bond acceptors (Lipinski definition) is 6. The third-order valence-corrected chi connectivity index (χ3v) is 5.69. The van der Waals surface area contributed by atoms with Crippen molar-refractivity contribution in [2.75, 3.05) is 12.4 Å². The number of ketones is 1. The first kappa shape index (κ1) is 20.7. The number of carbonyl (C=O) groups excluding carboxylic acids is 2. The van der Waals surface area contributed by atoms with Gasteiger partial charge >= 0.3 is 0 Å². The molecule has 2 heterocycles. The highest BCUT2D eigenvalue weighted by molar-refractivity contribution is 6.09. The number of phenols is 1. The number of carbonyl (C=O) groups is 2. The summed E-state index contributed by atoms with van der Waals surface area (Å²) in [5.41, 5.74) is 4.10. The fourth-order valence-corrected chi connectivity index (χ4v) is 4.29. The summed E-state index contributed by atoms with van der Waals surface area (Å²) < 4.78 is 5.28. The van der Waals surface area contributed by atoms with E-state index >= 15 is 0 Å². The Bertz CT molecular complexity index is 1130. The van der Waals surface area contributed by atoms with Gasteiger partial charge in [-0.15, -0.1) is 0 Å². The number of anilines is 1. The Labute approximate surface area is 180 Å². The van der Waals surface area contributed by atoms with E-state index < -0.39 is 5.92 Å². The summed E-state index contributed by atoms with van der Waals surface area (Å²) in [4.78, 5) is 30.7. The lowest BCUT2D eigenvalue weighted by Crippen LogP contribution is -2.35. The van der Waals surface area contributed by atoms with E-state index in [9.17, 15) is 14.7 Å². The molecule has 0 fully saturated rings. The first-order chi connectivity index (χ1) is 14.9. The fourth-order valence-electron chi connectivity index (χ4n) is 4.29. The highest BCUT2D eigenvalue weighted by Crippen LogP contribution is 2.44. The van der Waals surface area contributed by atoms with E-state index in [2.05, 4.69) is 15.6 Å². The van der Waals surface area contributed by atoms with Crippen LogP contribution in [0.2, 0.25) is 0 Å². The molecular weight excluding hydrogens is 394 g/mol. The van der Waals surface area contributed by atoms with Gasteiger partial charge in [0.1, 0.15) is 5.82 Å². The van der Waals surface area contributed by atoms with Crippen LogP contribution in [0.5, 0.6) is 11.5 Å². The number of aromatic nitrogens is 1. The molecule has 4 rings (SSSR count). The topological polar surface area (TPSA) is 101 Å². The molecule has 0 saturated heterocycles. The molecule has 1 aromatic carbocycles. The summed E-state index contributed by atoms with van der Waals surface area (Å²) in [5.74, 6) is -0.132. The smallest absolute Gasteiger partial charge is 0.255 e. The molecule has 0 saturated carbocycles. The average Bonchev–Trinajstić information content (AvgIpc) is 2.73. The van der Waals surface area contributed by atoms with Gasteiger partial charge in [0.15, 0.2) is 17.3 Å². The predicted octanol–water partition coefficient (Wildman–Crippen LogP) is 3.71. The van der Waals surface area contributed by atoms with Gasteiger partial charge in [-0.3, -0.25) is 9.59 Å². The van der Waals surface area contributed by atoms with Crippen LogP contribution in [0.15, 0.2) is 58.9 Å². The van der Waals surface area contributed by atoms with Crippen LogP contribution in [0.25, 0.3) is 0 Å². The highest BCUT2D eigenvalue weighted by Gasteiger charge is 2.38. The molecule has 7 heteroatoms. The number of rotatable bonds is 4. The number of pyridine rings is 1. The maximum absolute atomic E-state index is 13.4. The number of aromatic hydroxyl groups is 1. The van der Waals surface area contributed by atoms with Crippen LogP contribution in [0.1, 0.15) is 43.4 Å². The van der Waals surface area contributed by atoms with E-state index in [1.165, 1.54) is 13.2 Å². The van der Waals surface area contributed by atoms with Gasteiger partial charge in [0.25, 0.3) is 5.91 Å². The van der Waals surface area contributed by atoms with Crippen molar-refractivity contribution in [3.05, 3.63) is 70.2 Å². The maximum atomic E-state index is 13.4. The normalized spacial score (nSPS) is 18.4. The van der Waals surface area contributed by atoms with Gasteiger partial charge in [0.05, 0.1) is 7.11 Å². The Balaban J connectivity index is 1.81. The van der Waals surface area contributed by atoms with Gasteiger partial charge in [0, 0.05) is 40.6 Å². The Hall–Kier alpha value is -3.61. The second-order valence-electron chi connectivity index (χ2n) is 7.82. The first-order valence-electron chi connectivity index (χ1n) is 10.2. The molecule has 1 aliphatic heterocycles. The van der Waals surface area contributed by atoms with Crippen molar-refractivity contribution in [2.45, 2.75) is 39.0 Å². The number of ether oxygens (including phenoxy) is 1. The minimum absolute atomic E-state index is 0.0000204. The van der Waals surface area contributed by atoms with Crippen LogP contribution in [0.3, 0.4) is 0 Å². The Kier molecular flexibility index (Phi) is 5.50. The number of nitrogens with one attached hydrogen (secondary N) is 2. The van der Waals surface area contributed by atoms with Crippen LogP contribution in [0, 0.1) is 6.92 Å². The van der Waals surface area contributed by atoms with Crippen LogP contribution >= 0.6 is 0 Å². The molecule has 1 aliphatic carbocycles. The number of allylic oxidation sites excluding steroid dienone is 3. The van der Waals surface area contributed by atoms with Crippen molar-refractivity contribution in [2.24, 2.45) is 0 Å². The molecule has 7 nitrogen and oxygen atoms in total. The summed E-state index contributed by atoms with van der Waals surface area (Å²) in [6.45, 7) is 3.69. The van der Waals surface area contributed by atoms with Gasteiger partial charge in [0.2, 0.25) is 0 Å². The molecule has 2 aromatic rings. The number of nitrogens with zero attached hydrogens (tertiary/aromatic N) is 1. The standard InChI is InChI=1S/C24H25N3O4/c1-13-6-4-9-20(25-13)27-24(30)21-14(2)26-16-7-5-8-18(29)23(16)22(21)15-10-11-17(28)19(12-15)31-3/h4,6,9-12,22,26,28H,5,7-8H2,1-3H3,(H,25,27,30)/t22-/m0/s1. The monoisotopic (exact) mass is 419 g/mol. The molecule has 0 spiro atoms. The molecule has 31 heavy (non-hydrogen) atoms. The van der Waals surface area contributed by atoms with Crippen molar-refractivity contribution in [3.8, 4) is 11.5 Å². The Morgan fingerprint density at radius 3 is 2.77 bits per heavy atom. The van der Waals surface area contributed by atoms with E-state index in [1.807, 2.05) is 26.0 Å². The molecule has 0 bridgehead atoms. The second-order valence-corrected chi connectivity index (χ2v) is 7.82. The zero-order chi connectivity index (χ0) is 22.1. The number of Topliss-reactive ketones (excluding diaryl/α,β-unsaturated/α-hetero) is 1. The van der Waals surface area contributed by atoms with E-state index in [4.69, 9.17) is 4.74 Å². The van der Waals surface area contributed by atoms with Crippen molar-refractivity contribution >= 4 is 17.5 Å². The lowest BCUT2D eigenvalue weighted by atomic mass is 9.75. The predicted molar refractivity (Wildman–Crippen MR) is 117 cm³/mol. The molecule has 1 atom stereocenters. The van der Waals surface area contributed by atoms with Crippen molar-refractivity contribution in [1.82, 2.24) is 10.3 Å². The summed E-state index contributed by atoms with van der Waals surface area (Å²) in [5, 5.41) is 16.2. The van der Waals surface area contributed by atoms with Gasteiger partial charge < -0.3 is 20.5 Å². The number of hydrogen-bond donors (Lipinski definition) is 3. The van der Waals surface area contributed by atoms with E-state index in [0.717, 1.165) is 24.2 Å².